The van der Waals surface area contributed by atoms with Crippen LogP contribution in [-0.2, 0) is 6.54 Å². The minimum atomic E-state index is 0. The standard InChI is InChI=1S/C15H25N3.ClH/c1-13-4-3-8-17-15(13)12-18-10-6-14(7-11-18)5-9-16-2;/h3-4,8,14,16H,5-7,9-12H2,1-2H3;1H. The van der Waals surface area contributed by atoms with Crippen LogP contribution in [0, 0.1) is 12.8 Å². The molecular formula is C15H26ClN3. The maximum Gasteiger partial charge on any atom is 0.0573 e. The largest absolute Gasteiger partial charge is 0.320 e. The smallest absolute Gasteiger partial charge is 0.0573 e. The van der Waals surface area contributed by atoms with E-state index in [1.807, 2.05) is 19.3 Å². The van der Waals surface area contributed by atoms with E-state index < -0.39 is 0 Å². The highest BCUT2D eigenvalue weighted by molar-refractivity contribution is 5.85. The van der Waals surface area contributed by atoms with E-state index in [1.165, 1.54) is 43.6 Å². The van der Waals surface area contributed by atoms with Crippen LogP contribution in [-0.4, -0.2) is 36.6 Å². The number of nitrogens with zero attached hydrogens (tertiary/aromatic N) is 2. The van der Waals surface area contributed by atoms with Crippen molar-refractivity contribution in [3.05, 3.63) is 29.6 Å². The van der Waals surface area contributed by atoms with Crippen LogP contribution in [0.15, 0.2) is 18.3 Å². The average molecular weight is 284 g/mol. The molecule has 1 N–H and O–H groups in total. The number of aryl methyl sites for hydroxylation is 1. The normalized spacial score (nSPS) is 17.2. The Balaban J connectivity index is 0.00000180. The van der Waals surface area contributed by atoms with Crippen molar-refractivity contribution in [1.82, 2.24) is 15.2 Å². The second kappa shape index (κ2) is 8.51. The summed E-state index contributed by atoms with van der Waals surface area (Å²) in [7, 11) is 2.04. The summed E-state index contributed by atoms with van der Waals surface area (Å²) in [4.78, 5) is 7.04. The Morgan fingerprint density at radius 1 is 1.37 bits per heavy atom. The van der Waals surface area contributed by atoms with E-state index in [2.05, 4.69) is 28.2 Å². The first kappa shape index (κ1) is 16.4. The van der Waals surface area contributed by atoms with Crippen LogP contribution in [0.4, 0.5) is 0 Å². The molecule has 19 heavy (non-hydrogen) atoms. The number of hydrogen-bond donors (Lipinski definition) is 1. The van der Waals surface area contributed by atoms with Crippen LogP contribution in [0.5, 0.6) is 0 Å². The third-order valence-electron chi connectivity index (χ3n) is 4.00. The topological polar surface area (TPSA) is 28.2 Å². The lowest BCUT2D eigenvalue weighted by atomic mass is 9.93. The molecule has 0 aromatic carbocycles. The van der Waals surface area contributed by atoms with Crippen molar-refractivity contribution in [3.8, 4) is 0 Å². The van der Waals surface area contributed by atoms with Gasteiger partial charge in [0.2, 0.25) is 0 Å². The van der Waals surface area contributed by atoms with E-state index in [9.17, 15) is 0 Å². The Morgan fingerprint density at radius 3 is 2.74 bits per heavy atom. The summed E-state index contributed by atoms with van der Waals surface area (Å²) in [5.74, 6) is 0.915. The SMILES string of the molecule is CNCCC1CCN(Cc2ncccc2C)CC1.Cl. The van der Waals surface area contributed by atoms with E-state index >= 15 is 0 Å². The van der Waals surface area contributed by atoms with Crippen LogP contribution in [0.25, 0.3) is 0 Å². The van der Waals surface area contributed by atoms with Crippen molar-refractivity contribution in [3.63, 3.8) is 0 Å². The highest BCUT2D eigenvalue weighted by atomic mass is 35.5. The number of aromatic nitrogens is 1. The second-order valence-corrected chi connectivity index (χ2v) is 5.38. The van der Waals surface area contributed by atoms with E-state index in [4.69, 9.17) is 0 Å². The molecule has 1 aromatic rings. The van der Waals surface area contributed by atoms with Gasteiger partial charge in [-0.25, -0.2) is 0 Å². The van der Waals surface area contributed by atoms with Gasteiger partial charge in [-0.15, -0.1) is 12.4 Å². The van der Waals surface area contributed by atoms with Gasteiger partial charge in [-0.05, 0) is 70.4 Å². The Bertz CT molecular complexity index is 362. The monoisotopic (exact) mass is 283 g/mol. The van der Waals surface area contributed by atoms with Gasteiger partial charge in [0.05, 0.1) is 5.69 Å². The summed E-state index contributed by atoms with van der Waals surface area (Å²) < 4.78 is 0. The summed E-state index contributed by atoms with van der Waals surface area (Å²) in [5.41, 5.74) is 2.56. The van der Waals surface area contributed by atoms with Gasteiger partial charge in [-0.3, -0.25) is 9.88 Å². The molecule has 2 heterocycles. The summed E-state index contributed by atoms with van der Waals surface area (Å²) in [6, 6.07) is 4.17. The maximum absolute atomic E-state index is 4.49. The summed E-state index contributed by atoms with van der Waals surface area (Å²) in [6.07, 6.45) is 5.91. The lowest BCUT2D eigenvalue weighted by molar-refractivity contribution is 0.170. The van der Waals surface area contributed by atoms with Crippen LogP contribution >= 0.6 is 12.4 Å². The second-order valence-electron chi connectivity index (χ2n) is 5.38. The third kappa shape index (κ3) is 5.09. The van der Waals surface area contributed by atoms with Crippen molar-refractivity contribution in [2.45, 2.75) is 32.7 Å². The number of pyridine rings is 1. The molecule has 1 saturated heterocycles. The van der Waals surface area contributed by atoms with Crippen LogP contribution in [0.3, 0.4) is 0 Å². The minimum absolute atomic E-state index is 0. The lowest BCUT2D eigenvalue weighted by Gasteiger charge is -2.32. The minimum Gasteiger partial charge on any atom is -0.320 e. The van der Waals surface area contributed by atoms with E-state index in [0.717, 1.165) is 19.0 Å². The van der Waals surface area contributed by atoms with E-state index in [1.54, 1.807) is 0 Å². The van der Waals surface area contributed by atoms with Gasteiger partial charge in [0.25, 0.3) is 0 Å². The summed E-state index contributed by atoms with van der Waals surface area (Å²) in [6.45, 7) is 6.78. The predicted molar refractivity (Wildman–Crippen MR) is 82.8 cm³/mol. The molecule has 0 radical (unpaired) electrons. The molecule has 0 atom stereocenters. The summed E-state index contributed by atoms with van der Waals surface area (Å²) >= 11 is 0. The Labute approximate surface area is 123 Å². The molecule has 0 spiro atoms. The molecule has 4 heteroatoms. The van der Waals surface area contributed by atoms with E-state index in [0.29, 0.717) is 0 Å². The Hall–Kier alpha value is -0.640. The van der Waals surface area contributed by atoms with Crippen molar-refractivity contribution in [2.24, 2.45) is 5.92 Å². The molecule has 0 amide bonds. The van der Waals surface area contributed by atoms with Gasteiger partial charge < -0.3 is 5.32 Å². The van der Waals surface area contributed by atoms with Gasteiger partial charge in [-0.1, -0.05) is 6.07 Å². The quantitative estimate of drug-likeness (QED) is 0.900. The number of hydrogen-bond acceptors (Lipinski definition) is 3. The van der Waals surface area contributed by atoms with Gasteiger partial charge in [0, 0.05) is 12.7 Å². The zero-order valence-corrected chi connectivity index (χ0v) is 12.9. The number of nitrogens with one attached hydrogen (secondary N) is 1. The van der Waals surface area contributed by atoms with Gasteiger partial charge in [0.1, 0.15) is 0 Å². The van der Waals surface area contributed by atoms with Crippen molar-refractivity contribution < 1.29 is 0 Å². The first-order valence-corrected chi connectivity index (χ1v) is 7.07. The van der Waals surface area contributed by atoms with Crippen LogP contribution in [0.2, 0.25) is 0 Å². The number of rotatable bonds is 5. The highest BCUT2D eigenvalue weighted by Gasteiger charge is 2.19. The molecule has 1 fully saturated rings. The zero-order valence-electron chi connectivity index (χ0n) is 12.1. The zero-order chi connectivity index (χ0) is 12.8. The van der Waals surface area contributed by atoms with Crippen LogP contribution < -0.4 is 5.32 Å². The molecular weight excluding hydrogens is 258 g/mol. The molecule has 1 aliphatic rings. The molecule has 2 rings (SSSR count). The highest BCUT2D eigenvalue weighted by Crippen LogP contribution is 2.21. The molecule has 0 unspecified atom stereocenters. The first-order valence-electron chi connectivity index (χ1n) is 7.07. The molecule has 0 aliphatic carbocycles. The third-order valence-corrected chi connectivity index (χ3v) is 4.00. The van der Waals surface area contributed by atoms with Crippen molar-refractivity contribution in [2.75, 3.05) is 26.7 Å². The van der Waals surface area contributed by atoms with Gasteiger partial charge >= 0.3 is 0 Å². The molecule has 3 nitrogen and oxygen atoms in total. The van der Waals surface area contributed by atoms with Crippen LogP contribution in [0.1, 0.15) is 30.5 Å². The molecule has 1 aliphatic heterocycles. The van der Waals surface area contributed by atoms with Crippen molar-refractivity contribution >= 4 is 12.4 Å². The fraction of sp³-hybridized carbons (Fsp3) is 0.667. The predicted octanol–water partition coefficient (Wildman–Crippen LogP) is 2.63. The number of halogens is 1. The lowest BCUT2D eigenvalue weighted by Crippen LogP contribution is -2.34. The summed E-state index contributed by atoms with van der Waals surface area (Å²) in [5, 5.41) is 3.25. The fourth-order valence-corrected chi connectivity index (χ4v) is 2.68. The first-order chi connectivity index (χ1) is 8.79. The molecule has 108 valence electrons. The molecule has 1 aromatic heterocycles. The average Bonchev–Trinajstić information content (AvgIpc) is 2.41. The fourth-order valence-electron chi connectivity index (χ4n) is 2.68. The maximum atomic E-state index is 4.49. The number of likely N-dealkylation sites (tertiary alicyclic amines) is 1. The van der Waals surface area contributed by atoms with E-state index in [-0.39, 0.29) is 12.4 Å². The molecule has 0 bridgehead atoms. The van der Waals surface area contributed by atoms with Crippen molar-refractivity contribution in [1.29, 1.82) is 0 Å². The Morgan fingerprint density at radius 2 is 2.11 bits per heavy atom. The van der Waals surface area contributed by atoms with Gasteiger partial charge in [-0.2, -0.15) is 0 Å². The Kier molecular flexibility index (Phi) is 7.36. The molecule has 0 saturated carbocycles. The number of piperidine rings is 1. The van der Waals surface area contributed by atoms with Gasteiger partial charge in [0.15, 0.2) is 0 Å².